The molecule has 0 saturated heterocycles. The molecule has 0 amide bonds. The lowest BCUT2D eigenvalue weighted by molar-refractivity contribution is -0.384. The highest BCUT2D eigenvalue weighted by Crippen LogP contribution is 2.27. The van der Waals surface area contributed by atoms with E-state index in [1.54, 1.807) is 12.3 Å². The fourth-order valence-electron chi connectivity index (χ4n) is 1.82. The molecule has 0 aliphatic carbocycles. The normalized spacial score (nSPS) is 11.6. The van der Waals surface area contributed by atoms with Crippen LogP contribution in [0.25, 0.3) is 11.5 Å². The Labute approximate surface area is 123 Å². The van der Waals surface area contributed by atoms with Crippen LogP contribution in [0.15, 0.2) is 28.9 Å². The fourth-order valence-corrected chi connectivity index (χ4v) is 1.82. The van der Waals surface area contributed by atoms with E-state index in [9.17, 15) is 10.1 Å². The average molecular weight is 289 g/mol. The first-order chi connectivity index (χ1) is 9.76. The van der Waals surface area contributed by atoms with Gasteiger partial charge in [0.05, 0.1) is 10.6 Å². The highest BCUT2D eigenvalue weighted by atomic mass is 16.6. The number of benzene rings is 1. The minimum atomic E-state index is -0.423. The lowest BCUT2D eigenvalue weighted by atomic mass is 10.1. The number of oxazole rings is 1. The summed E-state index contributed by atoms with van der Waals surface area (Å²) in [6.45, 7) is 8.66. The second kappa shape index (κ2) is 5.65. The lowest BCUT2D eigenvalue weighted by Crippen LogP contribution is -2.35. The first-order valence-electron chi connectivity index (χ1n) is 6.71. The van der Waals surface area contributed by atoms with Gasteiger partial charge in [0.1, 0.15) is 6.26 Å². The van der Waals surface area contributed by atoms with E-state index < -0.39 is 4.92 Å². The van der Waals surface area contributed by atoms with Crippen molar-refractivity contribution in [2.45, 2.75) is 39.8 Å². The minimum Gasteiger partial charge on any atom is -0.444 e. The maximum atomic E-state index is 10.9. The van der Waals surface area contributed by atoms with Crippen LogP contribution in [-0.4, -0.2) is 15.4 Å². The number of hydrogen-bond acceptors (Lipinski definition) is 5. The van der Waals surface area contributed by atoms with Crippen molar-refractivity contribution in [1.29, 1.82) is 0 Å². The molecule has 2 rings (SSSR count). The molecule has 1 N–H and O–H groups in total. The van der Waals surface area contributed by atoms with E-state index in [1.807, 2.05) is 6.92 Å². The molecular formula is C15H19N3O3. The second-order valence-electron chi connectivity index (χ2n) is 6.00. The van der Waals surface area contributed by atoms with E-state index in [0.29, 0.717) is 18.0 Å². The quantitative estimate of drug-likeness (QED) is 0.688. The van der Waals surface area contributed by atoms with Gasteiger partial charge in [-0.25, -0.2) is 4.98 Å². The Morgan fingerprint density at radius 2 is 2.10 bits per heavy atom. The Balaban J connectivity index is 2.25. The van der Waals surface area contributed by atoms with E-state index in [4.69, 9.17) is 4.42 Å². The summed E-state index contributed by atoms with van der Waals surface area (Å²) in [6, 6.07) is 4.66. The molecule has 1 aromatic heterocycles. The summed E-state index contributed by atoms with van der Waals surface area (Å²) in [5.41, 5.74) is 2.32. The van der Waals surface area contributed by atoms with Crippen LogP contribution < -0.4 is 5.32 Å². The third kappa shape index (κ3) is 3.88. The fraction of sp³-hybridized carbons (Fsp3) is 0.400. The molecule has 0 bridgehead atoms. The molecule has 0 unspecified atom stereocenters. The van der Waals surface area contributed by atoms with Crippen molar-refractivity contribution < 1.29 is 9.34 Å². The largest absolute Gasteiger partial charge is 0.444 e. The lowest BCUT2D eigenvalue weighted by Gasteiger charge is -2.19. The Hall–Kier alpha value is -2.21. The zero-order valence-corrected chi connectivity index (χ0v) is 12.6. The van der Waals surface area contributed by atoms with Crippen LogP contribution in [0, 0.1) is 17.0 Å². The van der Waals surface area contributed by atoms with Crippen LogP contribution in [0.2, 0.25) is 0 Å². The number of nitro benzene ring substituents is 1. The Morgan fingerprint density at radius 3 is 2.71 bits per heavy atom. The van der Waals surface area contributed by atoms with Crippen LogP contribution in [0.4, 0.5) is 5.69 Å². The summed E-state index contributed by atoms with van der Waals surface area (Å²) in [7, 11) is 0. The summed E-state index contributed by atoms with van der Waals surface area (Å²) in [6.07, 6.45) is 1.58. The zero-order valence-electron chi connectivity index (χ0n) is 12.6. The van der Waals surface area contributed by atoms with Gasteiger partial charge >= 0.3 is 0 Å². The van der Waals surface area contributed by atoms with Gasteiger partial charge in [-0.2, -0.15) is 0 Å². The topological polar surface area (TPSA) is 81.2 Å². The maximum absolute atomic E-state index is 10.9. The smallest absolute Gasteiger partial charge is 0.270 e. The number of non-ortho nitro benzene ring substituents is 1. The summed E-state index contributed by atoms with van der Waals surface area (Å²) in [5, 5.41) is 14.2. The number of aromatic nitrogens is 1. The van der Waals surface area contributed by atoms with Crippen LogP contribution in [0.3, 0.4) is 0 Å². The van der Waals surface area contributed by atoms with Gasteiger partial charge in [-0.3, -0.25) is 10.1 Å². The molecule has 0 saturated carbocycles. The third-order valence-electron chi connectivity index (χ3n) is 3.01. The van der Waals surface area contributed by atoms with Crippen molar-refractivity contribution in [1.82, 2.24) is 10.3 Å². The molecule has 21 heavy (non-hydrogen) atoms. The average Bonchev–Trinajstić information content (AvgIpc) is 2.84. The highest BCUT2D eigenvalue weighted by Gasteiger charge is 2.15. The Morgan fingerprint density at radius 1 is 1.38 bits per heavy atom. The van der Waals surface area contributed by atoms with Crippen molar-refractivity contribution in [2.75, 3.05) is 0 Å². The molecule has 112 valence electrons. The van der Waals surface area contributed by atoms with Gasteiger partial charge < -0.3 is 9.73 Å². The predicted octanol–water partition coefficient (Wildman–Crippen LogP) is 3.45. The summed E-state index contributed by atoms with van der Waals surface area (Å²) >= 11 is 0. The van der Waals surface area contributed by atoms with Crippen molar-refractivity contribution in [3.8, 4) is 11.5 Å². The molecule has 1 aromatic carbocycles. The number of aryl methyl sites for hydroxylation is 1. The molecular weight excluding hydrogens is 270 g/mol. The molecule has 0 atom stereocenters. The molecule has 0 spiro atoms. The Bertz CT molecular complexity index is 656. The molecule has 6 nitrogen and oxygen atoms in total. The predicted molar refractivity (Wildman–Crippen MR) is 79.9 cm³/mol. The van der Waals surface area contributed by atoms with Gasteiger partial charge in [-0.1, -0.05) is 6.07 Å². The van der Waals surface area contributed by atoms with Gasteiger partial charge in [0.2, 0.25) is 5.89 Å². The van der Waals surface area contributed by atoms with Crippen LogP contribution in [0.1, 0.15) is 32.0 Å². The van der Waals surface area contributed by atoms with Gasteiger partial charge in [0.25, 0.3) is 5.69 Å². The molecule has 0 radical (unpaired) electrons. The van der Waals surface area contributed by atoms with Gasteiger partial charge in [-0.05, 0) is 33.3 Å². The summed E-state index contributed by atoms with van der Waals surface area (Å²) in [4.78, 5) is 14.8. The van der Waals surface area contributed by atoms with Gasteiger partial charge in [0.15, 0.2) is 0 Å². The SMILES string of the molecule is Cc1ccc([N+](=O)[O-])cc1-c1nc(CNC(C)(C)C)co1. The Kier molecular flexibility index (Phi) is 4.09. The van der Waals surface area contributed by atoms with Crippen molar-refractivity contribution in [3.05, 3.63) is 45.8 Å². The zero-order chi connectivity index (χ0) is 15.6. The van der Waals surface area contributed by atoms with Crippen LogP contribution in [0.5, 0.6) is 0 Å². The van der Waals surface area contributed by atoms with Gasteiger partial charge in [0, 0.05) is 29.8 Å². The number of nitro groups is 1. The molecule has 0 fully saturated rings. The number of nitrogens with zero attached hydrogens (tertiary/aromatic N) is 2. The van der Waals surface area contributed by atoms with Crippen molar-refractivity contribution in [3.63, 3.8) is 0 Å². The standard InChI is InChI=1S/C15H19N3O3/c1-10-5-6-12(18(19)20)7-13(10)14-17-11(9-21-14)8-16-15(2,3)4/h5-7,9,16H,8H2,1-4H3. The monoisotopic (exact) mass is 289 g/mol. The molecule has 0 aliphatic heterocycles. The van der Waals surface area contributed by atoms with E-state index in [0.717, 1.165) is 11.3 Å². The first-order valence-corrected chi connectivity index (χ1v) is 6.71. The molecule has 2 aromatic rings. The summed E-state index contributed by atoms with van der Waals surface area (Å²) < 4.78 is 5.46. The highest BCUT2D eigenvalue weighted by molar-refractivity contribution is 5.62. The molecule has 6 heteroatoms. The van der Waals surface area contributed by atoms with Crippen molar-refractivity contribution >= 4 is 5.69 Å². The molecule has 1 heterocycles. The number of rotatable bonds is 4. The second-order valence-corrected chi connectivity index (χ2v) is 6.00. The van der Waals surface area contributed by atoms with E-state index in [2.05, 4.69) is 31.1 Å². The number of hydrogen-bond donors (Lipinski definition) is 1. The van der Waals surface area contributed by atoms with E-state index in [-0.39, 0.29) is 11.2 Å². The van der Waals surface area contributed by atoms with Crippen LogP contribution in [-0.2, 0) is 6.54 Å². The number of nitrogens with one attached hydrogen (secondary N) is 1. The summed E-state index contributed by atoms with van der Waals surface area (Å²) in [5.74, 6) is 0.405. The van der Waals surface area contributed by atoms with Crippen molar-refractivity contribution in [2.24, 2.45) is 0 Å². The minimum absolute atomic E-state index is 0.0133. The van der Waals surface area contributed by atoms with Crippen LogP contribution >= 0.6 is 0 Å². The maximum Gasteiger partial charge on any atom is 0.270 e. The van der Waals surface area contributed by atoms with E-state index >= 15 is 0 Å². The van der Waals surface area contributed by atoms with E-state index in [1.165, 1.54) is 12.1 Å². The third-order valence-corrected chi connectivity index (χ3v) is 3.01. The first kappa shape index (κ1) is 15.2. The molecule has 0 aliphatic rings. The van der Waals surface area contributed by atoms with Gasteiger partial charge in [-0.15, -0.1) is 0 Å².